The summed E-state index contributed by atoms with van der Waals surface area (Å²) in [6.07, 6.45) is 6.16. The number of amides is 1. The van der Waals surface area contributed by atoms with Gasteiger partial charge >= 0.3 is 0 Å². The first kappa shape index (κ1) is 22.0. The first-order chi connectivity index (χ1) is 15.5. The maximum absolute atomic E-state index is 12.5. The van der Waals surface area contributed by atoms with Crippen LogP contribution < -0.4 is 4.90 Å². The molecule has 3 heterocycles. The Morgan fingerprint density at radius 1 is 1.38 bits per heavy atom. The predicted molar refractivity (Wildman–Crippen MR) is 124 cm³/mol. The summed E-state index contributed by atoms with van der Waals surface area (Å²) >= 11 is 0. The lowest BCUT2D eigenvalue weighted by Crippen LogP contribution is -2.54. The van der Waals surface area contributed by atoms with Crippen LogP contribution in [0, 0.1) is 11.3 Å². The summed E-state index contributed by atoms with van der Waals surface area (Å²) < 4.78 is 5.05. The lowest BCUT2D eigenvalue weighted by molar-refractivity contribution is -0.134. The predicted octanol–water partition coefficient (Wildman–Crippen LogP) is 3.61. The van der Waals surface area contributed by atoms with Crippen LogP contribution in [0.15, 0.2) is 31.0 Å². The molecule has 1 unspecified atom stereocenters. The van der Waals surface area contributed by atoms with Gasteiger partial charge in [-0.25, -0.2) is 4.98 Å². The van der Waals surface area contributed by atoms with Crippen molar-refractivity contribution in [2.75, 3.05) is 38.3 Å². The van der Waals surface area contributed by atoms with Crippen molar-refractivity contribution in [3.05, 3.63) is 47.8 Å². The Kier molecular flexibility index (Phi) is 6.52. The minimum Gasteiger partial charge on any atom is -0.384 e. The van der Waals surface area contributed by atoms with Crippen LogP contribution in [0.5, 0.6) is 0 Å². The summed E-state index contributed by atoms with van der Waals surface area (Å²) in [5, 5.41) is 9.94. The summed E-state index contributed by atoms with van der Waals surface area (Å²) in [6, 6.07) is 8.22. The summed E-state index contributed by atoms with van der Waals surface area (Å²) in [5.74, 6) is 1.23. The number of nitrogens with zero attached hydrogens (tertiary/aromatic N) is 5. The quantitative estimate of drug-likeness (QED) is 0.666. The van der Waals surface area contributed by atoms with Crippen LogP contribution in [0.3, 0.4) is 0 Å². The number of pyridine rings is 2. The Bertz CT molecular complexity index is 1060. The van der Waals surface area contributed by atoms with Gasteiger partial charge in [0, 0.05) is 50.5 Å². The average Bonchev–Trinajstić information content (AvgIpc) is 3.67. The molecule has 1 aliphatic carbocycles. The van der Waals surface area contributed by atoms with E-state index in [1.165, 1.54) is 0 Å². The summed E-state index contributed by atoms with van der Waals surface area (Å²) in [7, 11) is 1.61. The van der Waals surface area contributed by atoms with Gasteiger partial charge in [-0.1, -0.05) is 12.7 Å². The Balaban J connectivity index is 1.64. The average molecular weight is 432 g/mol. The molecule has 1 amide bonds. The number of carbonyl (C=O) groups is 1. The first-order valence-electron chi connectivity index (χ1n) is 11.1. The molecule has 0 spiro atoms. The van der Waals surface area contributed by atoms with Gasteiger partial charge in [0.15, 0.2) is 0 Å². The van der Waals surface area contributed by atoms with Crippen molar-refractivity contribution in [2.24, 2.45) is 0 Å². The highest BCUT2D eigenvalue weighted by Gasteiger charge is 2.33. The van der Waals surface area contributed by atoms with E-state index in [1.807, 2.05) is 30.0 Å². The van der Waals surface area contributed by atoms with Gasteiger partial charge in [0.1, 0.15) is 11.9 Å². The largest absolute Gasteiger partial charge is 0.384 e. The number of hydrogen-bond acceptors (Lipinski definition) is 6. The maximum atomic E-state index is 12.5. The van der Waals surface area contributed by atoms with Crippen molar-refractivity contribution >= 4 is 17.8 Å². The molecule has 1 atom stereocenters. The van der Waals surface area contributed by atoms with Gasteiger partial charge in [0.05, 0.1) is 30.0 Å². The number of carbonyl (C=O) groups excluding carboxylic acids is 1. The van der Waals surface area contributed by atoms with E-state index in [2.05, 4.69) is 22.5 Å². The highest BCUT2D eigenvalue weighted by Crippen LogP contribution is 2.44. The summed E-state index contributed by atoms with van der Waals surface area (Å²) in [6.45, 7) is 8.23. The molecule has 2 aromatic heterocycles. The number of anilines is 1. The van der Waals surface area contributed by atoms with E-state index in [0.717, 1.165) is 35.4 Å². The van der Waals surface area contributed by atoms with Gasteiger partial charge in [-0.15, -0.1) is 0 Å². The van der Waals surface area contributed by atoms with Crippen LogP contribution in [0.2, 0.25) is 0 Å². The van der Waals surface area contributed by atoms with Gasteiger partial charge in [-0.2, -0.15) is 5.26 Å². The summed E-state index contributed by atoms with van der Waals surface area (Å²) in [5.41, 5.74) is 4.29. The van der Waals surface area contributed by atoms with Crippen LogP contribution in [-0.2, 0) is 9.53 Å². The molecule has 0 radical (unpaired) electrons. The number of piperazine rings is 1. The van der Waals surface area contributed by atoms with Crippen molar-refractivity contribution in [3.63, 3.8) is 0 Å². The topological polar surface area (TPSA) is 82.4 Å². The molecule has 2 fully saturated rings. The molecule has 1 aliphatic heterocycles. The van der Waals surface area contributed by atoms with E-state index in [4.69, 9.17) is 9.72 Å². The number of ether oxygens (including phenoxy) is 1. The van der Waals surface area contributed by atoms with Gasteiger partial charge in [0.25, 0.3) is 0 Å². The minimum atomic E-state index is 0.0384. The molecular weight excluding hydrogens is 402 g/mol. The van der Waals surface area contributed by atoms with Crippen molar-refractivity contribution in [3.8, 4) is 17.3 Å². The van der Waals surface area contributed by atoms with Crippen molar-refractivity contribution < 1.29 is 9.53 Å². The Labute approximate surface area is 189 Å². The molecule has 2 aromatic rings. The SMILES string of the molecule is C=Cc1ccnc(-c2cc(C#N)c(N3CCN(C(=O)CCOC)C(C)C3)nc2C2CC2)c1. The van der Waals surface area contributed by atoms with Gasteiger partial charge in [0.2, 0.25) is 5.91 Å². The highest BCUT2D eigenvalue weighted by molar-refractivity contribution is 5.77. The lowest BCUT2D eigenvalue weighted by atomic mass is 10.0. The fourth-order valence-corrected chi connectivity index (χ4v) is 4.29. The number of rotatable bonds is 7. The molecule has 2 aliphatic rings. The van der Waals surface area contributed by atoms with Gasteiger partial charge in [-0.3, -0.25) is 9.78 Å². The summed E-state index contributed by atoms with van der Waals surface area (Å²) in [4.78, 5) is 26.1. The van der Waals surface area contributed by atoms with Gasteiger partial charge < -0.3 is 14.5 Å². The zero-order valence-electron chi connectivity index (χ0n) is 18.8. The van der Waals surface area contributed by atoms with Crippen molar-refractivity contribution in [1.29, 1.82) is 5.26 Å². The standard InChI is InChI=1S/C25H29N5O2/c1-4-18-7-9-27-22(13-18)21-14-20(15-26)25(28-24(21)19-5-6-19)29-10-11-30(17(2)16-29)23(31)8-12-32-3/h4,7,9,13-14,17,19H,1,5-6,8,10-12,16H2,2-3H3. The van der Waals surface area contributed by atoms with Crippen LogP contribution in [0.4, 0.5) is 5.82 Å². The van der Waals surface area contributed by atoms with E-state index in [1.54, 1.807) is 19.4 Å². The Hall–Kier alpha value is -3.24. The molecule has 1 saturated carbocycles. The molecule has 166 valence electrons. The normalized spacial score (nSPS) is 18.3. The van der Waals surface area contributed by atoms with Crippen molar-refractivity contribution in [2.45, 2.75) is 38.1 Å². The van der Waals surface area contributed by atoms with Crippen LogP contribution in [-0.4, -0.2) is 60.2 Å². The molecule has 7 nitrogen and oxygen atoms in total. The molecule has 7 heteroatoms. The van der Waals surface area contributed by atoms with E-state index < -0.39 is 0 Å². The second-order valence-corrected chi connectivity index (χ2v) is 8.48. The molecule has 32 heavy (non-hydrogen) atoms. The number of hydrogen-bond donors (Lipinski definition) is 0. The smallest absolute Gasteiger partial charge is 0.225 e. The van der Waals surface area contributed by atoms with E-state index >= 15 is 0 Å². The molecule has 0 bridgehead atoms. The molecule has 0 N–H and O–H groups in total. The zero-order valence-corrected chi connectivity index (χ0v) is 18.8. The number of methoxy groups -OCH3 is 1. The van der Waals surface area contributed by atoms with E-state index in [9.17, 15) is 10.1 Å². The third-order valence-corrected chi connectivity index (χ3v) is 6.18. The third kappa shape index (κ3) is 4.51. The van der Waals surface area contributed by atoms with Gasteiger partial charge in [-0.05, 0) is 43.5 Å². The van der Waals surface area contributed by atoms with E-state index in [-0.39, 0.29) is 11.9 Å². The minimum absolute atomic E-state index is 0.0384. The molecule has 4 rings (SSSR count). The second kappa shape index (κ2) is 9.49. The molecule has 1 saturated heterocycles. The zero-order chi connectivity index (χ0) is 22.7. The second-order valence-electron chi connectivity index (χ2n) is 8.48. The van der Waals surface area contributed by atoms with Crippen LogP contribution in [0.1, 0.15) is 48.9 Å². The monoisotopic (exact) mass is 431 g/mol. The third-order valence-electron chi connectivity index (χ3n) is 6.18. The fourth-order valence-electron chi connectivity index (χ4n) is 4.29. The first-order valence-corrected chi connectivity index (χ1v) is 11.1. The number of nitriles is 1. The number of aromatic nitrogens is 2. The van der Waals surface area contributed by atoms with Crippen LogP contribution in [0.25, 0.3) is 17.3 Å². The van der Waals surface area contributed by atoms with Crippen molar-refractivity contribution in [1.82, 2.24) is 14.9 Å². The Morgan fingerprint density at radius 2 is 2.19 bits per heavy atom. The fraction of sp³-hybridized carbons (Fsp3) is 0.440. The molecular formula is C25H29N5O2. The highest BCUT2D eigenvalue weighted by atomic mass is 16.5. The lowest BCUT2D eigenvalue weighted by Gasteiger charge is -2.41. The van der Waals surface area contributed by atoms with Crippen LogP contribution >= 0.6 is 0 Å². The van der Waals surface area contributed by atoms with E-state index in [0.29, 0.717) is 50.0 Å². The Morgan fingerprint density at radius 3 is 2.84 bits per heavy atom. The molecule has 0 aromatic carbocycles. The maximum Gasteiger partial charge on any atom is 0.225 e.